The Hall–Kier alpha value is -4.20. The maximum atomic E-state index is 11.4. The van der Waals surface area contributed by atoms with Gasteiger partial charge in [0.15, 0.2) is 0 Å². The molecule has 8 heteroatoms. The molecule has 2 rings (SSSR count). The predicted octanol–water partition coefficient (Wildman–Crippen LogP) is 3.81. The molecule has 0 fully saturated rings. The van der Waals surface area contributed by atoms with Crippen LogP contribution < -0.4 is 9.47 Å². The molecule has 0 saturated heterocycles. The van der Waals surface area contributed by atoms with E-state index < -0.39 is 24.2 Å². The molecule has 0 aliphatic carbocycles. The third-order valence-electron chi connectivity index (χ3n) is 3.15. The van der Waals surface area contributed by atoms with Crippen LogP contribution in [0.3, 0.4) is 0 Å². The fourth-order valence-corrected chi connectivity index (χ4v) is 1.91. The van der Waals surface area contributed by atoms with E-state index in [0.717, 1.165) is 23.3 Å². The number of hydrogen-bond acceptors (Lipinski definition) is 8. The summed E-state index contributed by atoms with van der Waals surface area (Å²) in [7, 11) is 0. The molecule has 0 N–H and O–H groups in total. The first-order chi connectivity index (χ1) is 13.4. The molecule has 0 amide bonds. The van der Waals surface area contributed by atoms with E-state index in [1.54, 1.807) is 24.3 Å². The van der Waals surface area contributed by atoms with E-state index in [4.69, 9.17) is 9.47 Å². The van der Waals surface area contributed by atoms with Crippen molar-refractivity contribution in [3.05, 3.63) is 73.8 Å². The number of rotatable bonds is 5. The Morgan fingerprint density at radius 1 is 0.607 bits per heavy atom. The van der Waals surface area contributed by atoms with Crippen molar-refractivity contribution in [3.8, 4) is 22.6 Å². The van der Waals surface area contributed by atoms with Crippen molar-refractivity contribution in [3.63, 3.8) is 0 Å². The number of carbonyl (C=O) groups is 4. The molecule has 0 unspecified atom stereocenters. The van der Waals surface area contributed by atoms with Gasteiger partial charge in [0.05, 0.1) is 0 Å². The highest BCUT2D eigenvalue weighted by Gasteiger charge is 2.11. The summed E-state index contributed by atoms with van der Waals surface area (Å²) in [5, 5.41) is 0. The molecule has 28 heavy (non-hydrogen) atoms. The van der Waals surface area contributed by atoms with E-state index in [2.05, 4.69) is 22.6 Å². The summed E-state index contributed by atoms with van der Waals surface area (Å²) in [6.07, 6.45) is -0.648. The van der Waals surface area contributed by atoms with Crippen molar-refractivity contribution in [1.29, 1.82) is 0 Å². The Bertz CT molecular complexity index is 833. The van der Waals surface area contributed by atoms with Gasteiger partial charge >= 0.3 is 24.2 Å². The van der Waals surface area contributed by atoms with E-state index in [0.29, 0.717) is 0 Å². The number of hydrogen-bond donors (Lipinski definition) is 0. The van der Waals surface area contributed by atoms with Gasteiger partial charge in [-0.15, -0.1) is 0 Å². The Balaban J connectivity index is 1.98. The molecule has 142 valence electrons. The van der Waals surface area contributed by atoms with Crippen molar-refractivity contribution >= 4 is 24.2 Å². The summed E-state index contributed by atoms with van der Waals surface area (Å²) in [5.41, 5.74) is 1.55. The van der Waals surface area contributed by atoms with Gasteiger partial charge in [-0.2, -0.15) is 0 Å². The van der Waals surface area contributed by atoms with Crippen LogP contribution in [-0.2, 0) is 19.1 Å². The Kier molecular flexibility index (Phi) is 6.81. The largest absolute Gasteiger partial charge is 0.521 e. The van der Waals surface area contributed by atoms with Crippen LogP contribution >= 0.6 is 0 Å². The van der Waals surface area contributed by atoms with E-state index in [1.807, 2.05) is 0 Å². The van der Waals surface area contributed by atoms with Crippen molar-refractivity contribution in [2.24, 2.45) is 0 Å². The third kappa shape index (κ3) is 5.95. The number of esters is 2. The summed E-state index contributed by atoms with van der Waals surface area (Å²) in [6.45, 7) is 6.34. The SMILES string of the molecule is C=CC(=O)OC(=O)Oc1ccc(-c2ccc(OC(=O)OC(=O)C=C)cc2)cc1. The second kappa shape index (κ2) is 9.48. The van der Waals surface area contributed by atoms with Gasteiger partial charge in [0.2, 0.25) is 0 Å². The van der Waals surface area contributed by atoms with Crippen LogP contribution in [-0.4, -0.2) is 24.2 Å². The van der Waals surface area contributed by atoms with Crippen LogP contribution in [0.2, 0.25) is 0 Å². The van der Waals surface area contributed by atoms with Gasteiger partial charge in [-0.25, -0.2) is 19.2 Å². The molecule has 0 bridgehead atoms. The minimum absolute atomic E-state index is 0.181. The normalized spacial score (nSPS) is 9.57. The van der Waals surface area contributed by atoms with Crippen molar-refractivity contribution in [2.75, 3.05) is 0 Å². The quantitative estimate of drug-likeness (QED) is 0.333. The average molecular weight is 382 g/mol. The van der Waals surface area contributed by atoms with E-state index in [1.165, 1.54) is 24.3 Å². The molecular weight excluding hydrogens is 368 g/mol. The molecule has 0 aliphatic heterocycles. The van der Waals surface area contributed by atoms with Crippen LogP contribution in [0.4, 0.5) is 9.59 Å². The smallest absolute Gasteiger partial charge is 0.395 e. The summed E-state index contributed by atoms with van der Waals surface area (Å²) in [6, 6.07) is 12.7. The number of benzene rings is 2. The molecule has 0 aliphatic rings. The first kappa shape index (κ1) is 20.1. The van der Waals surface area contributed by atoms with Gasteiger partial charge in [-0.05, 0) is 35.4 Å². The highest BCUT2D eigenvalue weighted by molar-refractivity contribution is 5.90. The fraction of sp³-hybridized carbons (Fsp3) is 0. The fourth-order valence-electron chi connectivity index (χ4n) is 1.91. The summed E-state index contributed by atoms with van der Waals surface area (Å²) < 4.78 is 18.3. The monoisotopic (exact) mass is 382 g/mol. The van der Waals surface area contributed by atoms with Gasteiger partial charge in [-0.1, -0.05) is 37.4 Å². The Morgan fingerprint density at radius 2 is 0.929 bits per heavy atom. The molecule has 0 saturated carbocycles. The molecule has 2 aromatic rings. The standard InChI is InChI=1S/C20H14O8/c1-3-17(21)27-19(23)25-15-9-5-13(6-10-15)14-7-11-16(12-8-14)26-20(24)28-18(22)4-2/h3-12H,1-2H2. The summed E-state index contributed by atoms with van der Waals surface area (Å²) >= 11 is 0. The third-order valence-corrected chi connectivity index (χ3v) is 3.15. The Labute approximate surface area is 159 Å². The Morgan fingerprint density at radius 3 is 1.21 bits per heavy atom. The predicted molar refractivity (Wildman–Crippen MR) is 96.5 cm³/mol. The van der Waals surface area contributed by atoms with Crippen LogP contribution in [0.1, 0.15) is 0 Å². The van der Waals surface area contributed by atoms with E-state index in [-0.39, 0.29) is 11.5 Å². The summed E-state index contributed by atoms with van der Waals surface area (Å²) in [5.74, 6) is -1.47. The highest BCUT2D eigenvalue weighted by Crippen LogP contribution is 2.25. The zero-order chi connectivity index (χ0) is 20.5. The zero-order valence-corrected chi connectivity index (χ0v) is 14.5. The van der Waals surface area contributed by atoms with Crippen LogP contribution in [0, 0.1) is 0 Å². The van der Waals surface area contributed by atoms with Crippen LogP contribution in [0.25, 0.3) is 11.1 Å². The molecule has 0 spiro atoms. The lowest BCUT2D eigenvalue weighted by atomic mass is 10.1. The van der Waals surface area contributed by atoms with Crippen LogP contribution in [0.5, 0.6) is 11.5 Å². The summed E-state index contributed by atoms with van der Waals surface area (Å²) in [4.78, 5) is 44.5. The van der Waals surface area contributed by atoms with E-state index >= 15 is 0 Å². The second-order valence-electron chi connectivity index (χ2n) is 5.00. The first-order valence-corrected chi connectivity index (χ1v) is 7.74. The minimum atomic E-state index is -1.17. The molecule has 0 atom stereocenters. The molecule has 2 aromatic carbocycles. The van der Waals surface area contributed by atoms with Gasteiger partial charge in [0.1, 0.15) is 11.5 Å². The van der Waals surface area contributed by atoms with Crippen molar-refractivity contribution in [2.45, 2.75) is 0 Å². The average Bonchev–Trinajstić information content (AvgIpc) is 2.68. The first-order valence-electron chi connectivity index (χ1n) is 7.74. The van der Waals surface area contributed by atoms with Gasteiger partial charge < -0.3 is 18.9 Å². The maximum Gasteiger partial charge on any atom is 0.521 e. The zero-order valence-electron chi connectivity index (χ0n) is 14.5. The maximum absolute atomic E-state index is 11.4. The van der Waals surface area contributed by atoms with Gasteiger partial charge in [-0.3, -0.25) is 0 Å². The minimum Gasteiger partial charge on any atom is -0.395 e. The van der Waals surface area contributed by atoms with Gasteiger partial charge in [0.25, 0.3) is 0 Å². The lowest BCUT2D eigenvalue weighted by molar-refractivity contribution is -0.134. The molecule has 0 heterocycles. The lowest BCUT2D eigenvalue weighted by Crippen LogP contribution is -2.14. The lowest BCUT2D eigenvalue weighted by Gasteiger charge is -2.07. The molecule has 8 nitrogen and oxygen atoms in total. The van der Waals surface area contributed by atoms with E-state index in [9.17, 15) is 19.2 Å². The van der Waals surface area contributed by atoms with Crippen molar-refractivity contribution in [1.82, 2.24) is 0 Å². The molecule has 0 aromatic heterocycles. The highest BCUT2D eigenvalue weighted by atomic mass is 16.7. The molecule has 0 radical (unpaired) electrons. The molecular formula is C20H14O8. The topological polar surface area (TPSA) is 105 Å². The number of carbonyl (C=O) groups excluding carboxylic acids is 4. The van der Waals surface area contributed by atoms with Gasteiger partial charge in [0, 0.05) is 12.2 Å². The van der Waals surface area contributed by atoms with Crippen molar-refractivity contribution < 1.29 is 38.1 Å². The number of ether oxygens (including phenoxy) is 4. The second-order valence-corrected chi connectivity index (χ2v) is 5.00. The van der Waals surface area contributed by atoms with Crippen LogP contribution in [0.15, 0.2) is 73.8 Å².